The lowest BCUT2D eigenvalue weighted by molar-refractivity contribution is 0.248. The summed E-state index contributed by atoms with van der Waals surface area (Å²) in [7, 11) is 0. The molecule has 1 heteroatoms. The fraction of sp³-hybridized carbons (Fsp3) is 1.00. The molecular weight excluding hydrogens is 148 g/mol. The van der Waals surface area contributed by atoms with Crippen LogP contribution in [0.3, 0.4) is 0 Å². The molecular formula is C11H22O. The smallest absolute Gasteiger partial charge is 0.0453 e. The molecule has 0 radical (unpaired) electrons. The first kappa shape index (κ1) is 10.0. The van der Waals surface area contributed by atoms with Crippen LogP contribution in [-0.2, 0) is 0 Å². The summed E-state index contributed by atoms with van der Waals surface area (Å²) in [5.74, 6) is 2.78. The van der Waals surface area contributed by atoms with Crippen molar-refractivity contribution in [1.82, 2.24) is 0 Å². The first-order chi connectivity index (χ1) is 5.72. The minimum atomic E-state index is 0.306. The summed E-state index contributed by atoms with van der Waals surface area (Å²) in [6.45, 7) is 4.25. The zero-order valence-electron chi connectivity index (χ0n) is 8.42. The lowest BCUT2D eigenvalue weighted by Gasteiger charge is -2.05. The lowest BCUT2D eigenvalue weighted by atomic mass is 10.0. The molecule has 12 heavy (non-hydrogen) atoms. The van der Waals surface area contributed by atoms with Crippen molar-refractivity contribution in [2.24, 2.45) is 17.8 Å². The highest BCUT2D eigenvalue weighted by atomic mass is 16.3. The first-order valence-corrected chi connectivity index (χ1v) is 5.33. The summed E-state index contributed by atoms with van der Waals surface area (Å²) in [5, 5.41) is 8.14. The van der Waals surface area contributed by atoms with Crippen molar-refractivity contribution in [1.29, 1.82) is 0 Å². The molecule has 0 aromatic rings. The average Bonchev–Trinajstić information content (AvgIpc) is 2.67. The summed E-state index contributed by atoms with van der Waals surface area (Å²) in [6, 6.07) is 0. The number of hydrogen-bond acceptors (Lipinski definition) is 1. The standard InChI is InChI=1S/C7H12.C4H10O/c1-2-7-4-3-6(1)5-7;1-4(2)3-5/h6-7H,1-5H2;4-5H,3H2,1-2H3. The van der Waals surface area contributed by atoms with Crippen molar-refractivity contribution in [2.45, 2.75) is 46.0 Å². The van der Waals surface area contributed by atoms with Crippen LogP contribution in [0.2, 0.25) is 0 Å². The van der Waals surface area contributed by atoms with E-state index in [4.69, 9.17) is 5.11 Å². The predicted octanol–water partition coefficient (Wildman–Crippen LogP) is 2.83. The molecule has 2 rings (SSSR count). The SMILES string of the molecule is C1CC2CCC1C2.CC(C)CO. The molecule has 1 nitrogen and oxygen atoms in total. The minimum Gasteiger partial charge on any atom is -0.396 e. The molecule has 0 spiro atoms. The second-order valence-electron chi connectivity index (χ2n) is 4.70. The van der Waals surface area contributed by atoms with Crippen molar-refractivity contribution in [2.75, 3.05) is 6.61 Å². The molecule has 2 saturated carbocycles. The van der Waals surface area contributed by atoms with Crippen LogP contribution in [0.1, 0.15) is 46.0 Å². The van der Waals surface area contributed by atoms with Gasteiger partial charge in [0.25, 0.3) is 0 Å². The van der Waals surface area contributed by atoms with Crippen LogP contribution in [0.15, 0.2) is 0 Å². The normalized spacial score (nSPS) is 32.0. The topological polar surface area (TPSA) is 20.2 Å². The minimum absolute atomic E-state index is 0.306. The number of aliphatic hydroxyl groups is 1. The fourth-order valence-electron chi connectivity index (χ4n) is 2.17. The Kier molecular flexibility index (Phi) is 4.07. The van der Waals surface area contributed by atoms with E-state index in [-0.39, 0.29) is 0 Å². The zero-order valence-corrected chi connectivity index (χ0v) is 8.42. The van der Waals surface area contributed by atoms with Gasteiger partial charge < -0.3 is 5.11 Å². The van der Waals surface area contributed by atoms with Gasteiger partial charge in [-0.3, -0.25) is 0 Å². The summed E-state index contributed by atoms with van der Waals surface area (Å²) < 4.78 is 0. The molecule has 2 aliphatic carbocycles. The Bertz CT molecular complexity index is 102. The molecule has 0 unspecified atom stereocenters. The quantitative estimate of drug-likeness (QED) is 0.641. The molecule has 0 heterocycles. The molecule has 0 amide bonds. The molecule has 0 aliphatic heterocycles. The van der Waals surface area contributed by atoms with Crippen molar-refractivity contribution in [3.63, 3.8) is 0 Å². The largest absolute Gasteiger partial charge is 0.396 e. The molecule has 0 atom stereocenters. The third-order valence-corrected chi connectivity index (χ3v) is 3.00. The van der Waals surface area contributed by atoms with Gasteiger partial charge in [0.05, 0.1) is 0 Å². The Balaban J connectivity index is 0.000000130. The van der Waals surface area contributed by atoms with E-state index < -0.39 is 0 Å². The van der Waals surface area contributed by atoms with E-state index in [1.165, 1.54) is 11.8 Å². The summed E-state index contributed by atoms with van der Waals surface area (Å²) in [4.78, 5) is 0. The predicted molar refractivity (Wildman–Crippen MR) is 52.0 cm³/mol. The van der Waals surface area contributed by atoms with Crippen LogP contribution in [0.5, 0.6) is 0 Å². The summed E-state index contributed by atoms with van der Waals surface area (Å²) in [5.41, 5.74) is 0. The summed E-state index contributed by atoms with van der Waals surface area (Å²) in [6.07, 6.45) is 7.82. The van der Waals surface area contributed by atoms with E-state index >= 15 is 0 Å². The van der Waals surface area contributed by atoms with Gasteiger partial charge >= 0.3 is 0 Å². The highest BCUT2D eigenvalue weighted by molar-refractivity contribution is 4.82. The highest BCUT2D eigenvalue weighted by Crippen LogP contribution is 2.43. The van der Waals surface area contributed by atoms with Crippen LogP contribution in [0.4, 0.5) is 0 Å². The monoisotopic (exact) mass is 170 g/mol. The second kappa shape index (κ2) is 4.86. The molecule has 2 fully saturated rings. The van der Waals surface area contributed by atoms with Crippen LogP contribution in [0, 0.1) is 17.8 Å². The molecule has 1 N–H and O–H groups in total. The fourth-order valence-corrected chi connectivity index (χ4v) is 2.17. The van der Waals surface area contributed by atoms with E-state index in [0.717, 1.165) is 0 Å². The number of aliphatic hydroxyl groups excluding tert-OH is 1. The highest BCUT2D eigenvalue weighted by Gasteiger charge is 2.30. The number of rotatable bonds is 1. The van der Waals surface area contributed by atoms with E-state index in [0.29, 0.717) is 12.5 Å². The van der Waals surface area contributed by atoms with Gasteiger partial charge in [-0.1, -0.05) is 39.5 Å². The second-order valence-corrected chi connectivity index (χ2v) is 4.70. The Labute approximate surface area is 76.2 Å². The Hall–Kier alpha value is -0.0400. The van der Waals surface area contributed by atoms with E-state index in [1.807, 2.05) is 13.8 Å². The molecule has 0 saturated heterocycles. The molecule has 0 aromatic heterocycles. The van der Waals surface area contributed by atoms with Crippen molar-refractivity contribution >= 4 is 0 Å². The average molecular weight is 170 g/mol. The van der Waals surface area contributed by atoms with Crippen molar-refractivity contribution in [3.8, 4) is 0 Å². The molecule has 72 valence electrons. The van der Waals surface area contributed by atoms with Crippen molar-refractivity contribution in [3.05, 3.63) is 0 Å². The van der Waals surface area contributed by atoms with Gasteiger partial charge in [0.15, 0.2) is 0 Å². The van der Waals surface area contributed by atoms with Gasteiger partial charge in [0.2, 0.25) is 0 Å². The van der Waals surface area contributed by atoms with E-state index in [9.17, 15) is 0 Å². The Morgan fingerprint density at radius 3 is 1.50 bits per heavy atom. The van der Waals surface area contributed by atoms with Gasteiger partial charge in [-0.25, -0.2) is 0 Å². The van der Waals surface area contributed by atoms with E-state index in [1.54, 1.807) is 32.1 Å². The molecule has 2 aliphatic rings. The first-order valence-electron chi connectivity index (χ1n) is 5.33. The van der Waals surface area contributed by atoms with E-state index in [2.05, 4.69) is 0 Å². The maximum atomic E-state index is 8.14. The zero-order chi connectivity index (χ0) is 8.97. The van der Waals surface area contributed by atoms with Crippen LogP contribution in [0.25, 0.3) is 0 Å². The van der Waals surface area contributed by atoms with Gasteiger partial charge in [-0.15, -0.1) is 0 Å². The number of fused-ring (bicyclic) bond motifs is 2. The Morgan fingerprint density at radius 2 is 1.42 bits per heavy atom. The van der Waals surface area contributed by atoms with Crippen LogP contribution in [-0.4, -0.2) is 11.7 Å². The third-order valence-electron chi connectivity index (χ3n) is 3.00. The summed E-state index contributed by atoms with van der Waals surface area (Å²) >= 11 is 0. The number of hydrogen-bond donors (Lipinski definition) is 1. The maximum absolute atomic E-state index is 8.14. The molecule has 2 bridgehead atoms. The van der Waals surface area contributed by atoms with Gasteiger partial charge in [-0.2, -0.15) is 0 Å². The van der Waals surface area contributed by atoms with Crippen LogP contribution < -0.4 is 0 Å². The van der Waals surface area contributed by atoms with Gasteiger partial charge in [0.1, 0.15) is 0 Å². The van der Waals surface area contributed by atoms with Crippen molar-refractivity contribution < 1.29 is 5.11 Å². The molecule has 0 aromatic carbocycles. The maximum Gasteiger partial charge on any atom is 0.0453 e. The van der Waals surface area contributed by atoms with Gasteiger partial charge in [0, 0.05) is 6.61 Å². The van der Waals surface area contributed by atoms with Crippen LogP contribution >= 0.6 is 0 Å². The third kappa shape index (κ3) is 3.14. The Morgan fingerprint density at radius 1 is 1.08 bits per heavy atom. The van der Waals surface area contributed by atoms with Gasteiger partial charge in [-0.05, 0) is 24.2 Å². The lowest BCUT2D eigenvalue weighted by Crippen LogP contribution is -1.90.